The topological polar surface area (TPSA) is 61.0 Å². The zero-order valence-electron chi connectivity index (χ0n) is 11.3. The Morgan fingerprint density at radius 2 is 1.90 bits per heavy atom. The van der Waals surface area contributed by atoms with E-state index < -0.39 is 0 Å². The first-order chi connectivity index (χ1) is 9.81. The molecule has 5 nitrogen and oxygen atoms in total. The predicted octanol–water partition coefficient (Wildman–Crippen LogP) is 0.842. The number of aromatic nitrogens is 2. The van der Waals surface area contributed by atoms with Crippen LogP contribution in [0.1, 0.15) is 5.82 Å². The second-order valence-electron chi connectivity index (χ2n) is 4.97. The normalized spacial score (nSPS) is 16.2. The number of aromatic amines is 1. The number of hydrogen-bond donors (Lipinski definition) is 2. The second kappa shape index (κ2) is 5.98. The Hall–Kier alpha value is -1.98. The molecule has 0 amide bonds. The standard InChI is InChI=1S/C15H18N4O/c20-15-10-13(12-4-2-1-3-5-12)17-14(18-15)11-19-8-6-16-7-9-19/h1-5,10,16H,6-9,11H2,(H,17,18,20). The Labute approximate surface area is 117 Å². The molecule has 0 atom stereocenters. The third-order valence-corrected chi connectivity index (χ3v) is 3.44. The van der Waals surface area contributed by atoms with E-state index in [2.05, 4.69) is 20.2 Å². The van der Waals surface area contributed by atoms with Crippen LogP contribution in [-0.4, -0.2) is 41.0 Å². The van der Waals surface area contributed by atoms with Gasteiger partial charge in [-0.15, -0.1) is 0 Å². The Bertz CT molecular complexity index is 617. The summed E-state index contributed by atoms with van der Waals surface area (Å²) >= 11 is 0. The molecule has 20 heavy (non-hydrogen) atoms. The van der Waals surface area contributed by atoms with E-state index in [4.69, 9.17) is 0 Å². The number of nitrogens with one attached hydrogen (secondary N) is 2. The van der Waals surface area contributed by atoms with Crippen LogP contribution in [0.25, 0.3) is 11.3 Å². The van der Waals surface area contributed by atoms with Gasteiger partial charge in [0.2, 0.25) is 0 Å². The van der Waals surface area contributed by atoms with Crippen LogP contribution in [0.3, 0.4) is 0 Å². The molecular weight excluding hydrogens is 252 g/mol. The number of hydrogen-bond acceptors (Lipinski definition) is 4. The summed E-state index contributed by atoms with van der Waals surface area (Å²) in [7, 11) is 0. The largest absolute Gasteiger partial charge is 0.314 e. The van der Waals surface area contributed by atoms with Crippen LogP contribution >= 0.6 is 0 Å². The summed E-state index contributed by atoms with van der Waals surface area (Å²) in [5.41, 5.74) is 1.61. The minimum absolute atomic E-state index is 0.0935. The highest BCUT2D eigenvalue weighted by molar-refractivity contribution is 5.58. The molecule has 104 valence electrons. The van der Waals surface area contributed by atoms with Gasteiger partial charge in [0.05, 0.1) is 12.2 Å². The lowest BCUT2D eigenvalue weighted by molar-refractivity contribution is 0.228. The molecule has 0 spiro atoms. The molecule has 3 rings (SSSR count). The molecule has 1 saturated heterocycles. The molecule has 0 unspecified atom stereocenters. The van der Waals surface area contributed by atoms with Gasteiger partial charge in [0.25, 0.3) is 5.56 Å². The van der Waals surface area contributed by atoms with Crippen molar-refractivity contribution < 1.29 is 0 Å². The van der Waals surface area contributed by atoms with Crippen molar-refractivity contribution in [1.29, 1.82) is 0 Å². The number of piperazine rings is 1. The van der Waals surface area contributed by atoms with Crippen molar-refractivity contribution in [1.82, 2.24) is 20.2 Å². The van der Waals surface area contributed by atoms with E-state index in [1.54, 1.807) is 6.07 Å². The van der Waals surface area contributed by atoms with Gasteiger partial charge in [-0.2, -0.15) is 0 Å². The summed E-state index contributed by atoms with van der Waals surface area (Å²) in [6, 6.07) is 11.4. The number of H-pyrrole nitrogens is 1. The fourth-order valence-electron chi connectivity index (χ4n) is 2.42. The third-order valence-electron chi connectivity index (χ3n) is 3.44. The van der Waals surface area contributed by atoms with Crippen LogP contribution in [0.5, 0.6) is 0 Å². The molecule has 0 saturated carbocycles. The lowest BCUT2D eigenvalue weighted by Crippen LogP contribution is -2.43. The van der Waals surface area contributed by atoms with Crippen molar-refractivity contribution in [3.8, 4) is 11.3 Å². The van der Waals surface area contributed by atoms with Crippen molar-refractivity contribution >= 4 is 0 Å². The molecule has 2 N–H and O–H groups in total. The molecule has 5 heteroatoms. The van der Waals surface area contributed by atoms with Gasteiger partial charge in [-0.1, -0.05) is 30.3 Å². The van der Waals surface area contributed by atoms with Crippen LogP contribution in [0.15, 0.2) is 41.2 Å². The summed E-state index contributed by atoms with van der Waals surface area (Å²) in [6.07, 6.45) is 0. The fourth-order valence-corrected chi connectivity index (χ4v) is 2.42. The van der Waals surface area contributed by atoms with Crippen molar-refractivity contribution in [3.05, 3.63) is 52.6 Å². The minimum atomic E-state index is -0.0935. The first kappa shape index (κ1) is 13.0. The molecule has 1 fully saturated rings. The molecule has 0 aliphatic carbocycles. The van der Waals surface area contributed by atoms with Gasteiger partial charge in [-0.3, -0.25) is 9.69 Å². The van der Waals surface area contributed by atoms with Crippen LogP contribution in [-0.2, 0) is 6.54 Å². The SMILES string of the molecule is O=c1cc(-c2ccccc2)nc(CN2CCNCC2)[nH]1. The van der Waals surface area contributed by atoms with Crippen LogP contribution in [0, 0.1) is 0 Å². The summed E-state index contributed by atoms with van der Waals surface area (Å²) < 4.78 is 0. The van der Waals surface area contributed by atoms with E-state index in [0.717, 1.165) is 43.3 Å². The van der Waals surface area contributed by atoms with Crippen LogP contribution in [0.4, 0.5) is 0 Å². The summed E-state index contributed by atoms with van der Waals surface area (Å²) in [4.78, 5) is 21.5. The second-order valence-corrected chi connectivity index (χ2v) is 4.97. The average molecular weight is 270 g/mol. The molecular formula is C15H18N4O. The maximum atomic E-state index is 11.8. The van der Waals surface area contributed by atoms with E-state index in [9.17, 15) is 4.79 Å². The van der Waals surface area contributed by atoms with Gasteiger partial charge in [-0.05, 0) is 0 Å². The Morgan fingerprint density at radius 3 is 2.65 bits per heavy atom. The highest BCUT2D eigenvalue weighted by atomic mass is 16.1. The van der Waals surface area contributed by atoms with Gasteiger partial charge < -0.3 is 10.3 Å². The highest BCUT2D eigenvalue weighted by Gasteiger charge is 2.12. The number of rotatable bonds is 3. The average Bonchev–Trinajstić information content (AvgIpc) is 2.49. The van der Waals surface area contributed by atoms with Gasteiger partial charge in [0.15, 0.2) is 0 Å². The first-order valence-corrected chi connectivity index (χ1v) is 6.90. The minimum Gasteiger partial charge on any atom is -0.314 e. The lowest BCUT2D eigenvalue weighted by Gasteiger charge is -2.26. The smallest absolute Gasteiger partial charge is 0.251 e. The molecule has 0 bridgehead atoms. The predicted molar refractivity (Wildman–Crippen MR) is 78.4 cm³/mol. The molecule has 2 heterocycles. The zero-order valence-corrected chi connectivity index (χ0v) is 11.3. The summed E-state index contributed by atoms with van der Waals surface area (Å²) in [5.74, 6) is 0.734. The molecule has 1 aliphatic rings. The molecule has 0 radical (unpaired) electrons. The first-order valence-electron chi connectivity index (χ1n) is 6.90. The Morgan fingerprint density at radius 1 is 1.15 bits per heavy atom. The third kappa shape index (κ3) is 3.12. The molecule has 1 aromatic heterocycles. The zero-order chi connectivity index (χ0) is 13.8. The summed E-state index contributed by atoms with van der Waals surface area (Å²) in [5, 5.41) is 3.32. The quantitative estimate of drug-likeness (QED) is 0.868. The molecule has 1 aromatic carbocycles. The Kier molecular flexibility index (Phi) is 3.90. The number of benzene rings is 1. The molecule has 1 aliphatic heterocycles. The fraction of sp³-hybridized carbons (Fsp3) is 0.333. The van der Waals surface area contributed by atoms with Gasteiger partial charge in [0.1, 0.15) is 5.82 Å². The van der Waals surface area contributed by atoms with Crippen LogP contribution < -0.4 is 10.9 Å². The maximum absolute atomic E-state index is 11.8. The summed E-state index contributed by atoms with van der Waals surface area (Å²) in [6.45, 7) is 4.64. The van der Waals surface area contributed by atoms with Crippen molar-refractivity contribution in [2.24, 2.45) is 0 Å². The maximum Gasteiger partial charge on any atom is 0.251 e. The van der Waals surface area contributed by atoms with E-state index in [-0.39, 0.29) is 5.56 Å². The van der Waals surface area contributed by atoms with E-state index in [0.29, 0.717) is 6.54 Å². The van der Waals surface area contributed by atoms with Crippen LogP contribution in [0.2, 0.25) is 0 Å². The van der Waals surface area contributed by atoms with Gasteiger partial charge in [-0.25, -0.2) is 4.98 Å². The van der Waals surface area contributed by atoms with Gasteiger partial charge in [0, 0.05) is 37.8 Å². The monoisotopic (exact) mass is 270 g/mol. The highest BCUT2D eigenvalue weighted by Crippen LogP contribution is 2.14. The van der Waals surface area contributed by atoms with Crippen molar-refractivity contribution in [3.63, 3.8) is 0 Å². The number of nitrogens with zero attached hydrogens (tertiary/aromatic N) is 2. The van der Waals surface area contributed by atoms with E-state index >= 15 is 0 Å². The van der Waals surface area contributed by atoms with Gasteiger partial charge >= 0.3 is 0 Å². The lowest BCUT2D eigenvalue weighted by atomic mass is 10.1. The molecule has 2 aromatic rings. The van der Waals surface area contributed by atoms with Crippen molar-refractivity contribution in [2.75, 3.05) is 26.2 Å². The Balaban J connectivity index is 1.85. The van der Waals surface area contributed by atoms with Crippen molar-refractivity contribution in [2.45, 2.75) is 6.54 Å². The van der Waals surface area contributed by atoms with E-state index in [1.807, 2.05) is 30.3 Å². The van der Waals surface area contributed by atoms with E-state index in [1.165, 1.54) is 0 Å².